The van der Waals surface area contributed by atoms with Gasteiger partial charge in [0.05, 0.1) is 5.25 Å². The normalized spacial score (nSPS) is 11.8. The molecule has 1 atom stereocenters. The Morgan fingerprint density at radius 3 is 2.96 bits per heavy atom. The SMILES string of the molecule is C=CCn1c(N)cc(=O)nc1SC(C)C(=O)Nc1cccc(Cl)c1. The summed E-state index contributed by atoms with van der Waals surface area (Å²) in [5, 5.41) is 3.18. The fraction of sp³-hybridized carbons (Fsp3) is 0.188. The Labute approximate surface area is 148 Å². The average Bonchev–Trinajstić information content (AvgIpc) is 2.50. The van der Waals surface area contributed by atoms with E-state index in [9.17, 15) is 9.59 Å². The molecule has 0 aliphatic rings. The number of amides is 1. The van der Waals surface area contributed by atoms with E-state index in [4.69, 9.17) is 17.3 Å². The fourth-order valence-electron chi connectivity index (χ4n) is 1.93. The molecule has 0 fully saturated rings. The van der Waals surface area contributed by atoms with E-state index in [1.807, 2.05) is 0 Å². The monoisotopic (exact) mass is 364 g/mol. The van der Waals surface area contributed by atoms with Crippen molar-refractivity contribution in [2.24, 2.45) is 0 Å². The minimum atomic E-state index is -0.492. The first kappa shape index (κ1) is 18.1. The van der Waals surface area contributed by atoms with Gasteiger partial charge < -0.3 is 15.6 Å². The second-order valence-electron chi connectivity index (χ2n) is 4.96. The predicted octanol–water partition coefficient (Wildman–Crippen LogP) is 2.78. The van der Waals surface area contributed by atoms with Gasteiger partial charge in [0.25, 0.3) is 5.56 Å². The van der Waals surface area contributed by atoms with Gasteiger partial charge in [-0.3, -0.25) is 9.59 Å². The average molecular weight is 365 g/mol. The van der Waals surface area contributed by atoms with E-state index in [1.54, 1.807) is 41.8 Å². The van der Waals surface area contributed by atoms with E-state index in [1.165, 1.54) is 6.07 Å². The first-order valence-electron chi connectivity index (χ1n) is 7.12. The molecule has 0 saturated heterocycles. The lowest BCUT2D eigenvalue weighted by molar-refractivity contribution is -0.115. The van der Waals surface area contributed by atoms with Gasteiger partial charge in [0.1, 0.15) is 5.82 Å². The molecule has 0 spiro atoms. The maximum absolute atomic E-state index is 12.3. The third-order valence-corrected chi connectivity index (χ3v) is 4.40. The Bertz CT molecular complexity index is 822. The zero-order valence-corrected chi connectivity index (χ0v) is 14.6. The molecule has 0 bridgehead atoms. The molecule has 0 aliphatic carbocycles. The van der Waals surface area contributed by atoms with Gasteiger partial charge in [-0.2, -0.15) is 4.98 Å². The lowest BCUT2D eigenvalue weighted by Gasteiger charge is -2.16. The molecular formula is C16H17ClN4O2S. The Kier molecular flexibility index (Phi) is 6.05. The smallest absolute Gasteiger partial charge is 0.275 e. The molecule has 1 amide bonds. The third kappa shape index (κ3) is 4.62. The molecule has 1 aromatic carbocycles. The van der Waals surface area contributed by atoms with E-state index in [2.05, 4.69) is 16.9 Å². The van der Waals surface area contributed by atoms with Crippen LogP contribution in [-0.2, 0) is 11.3 Å². The van der Waals surface area contributed by atoms with Gasteiger partial charge in [-0.1, -0.05) is 35.5 Å². The number of nitrogen functional groups attached to an aromatic ring is 1. The summed E-state index contributed by atoms with van der Waals surface area (Å²) in [6, 6.07) is 8.11. The lowest BCUT2D eigenvalue weighted by atomic mass is 10.3. The van der Waals surface area contributed by atoms with Crippen molar-refractivity contribution in [2.45, 2.75) is 23.9 Å². The van der Waals surface area contributed by atoms with Crippen LogP contribution in [0, 0.1) is 0 Å². The van der Waals surface area contributed by atoms with Crippen LogP contribution in [0.3, 0.4) is 0 Å². The number of carbonyl (C=O) groups excluding carboxylic acids is 1. The molecule has 1 unspecified atom stereocenters. The van der Waals surface area contributed by atoms with E-state index in [0.29, 0.717) is 22.4 Å². The summed E-state index contributed by atoms with van der Waals surface area (Å²) < 4.78 is 1.63. The fourth-order valence-corrected chi connectivity index (χ4v) is 3.05. The molecule has 0 radical (unpaired) electrons. The summed E-state index contributed by atoms with van der Waals surface area (Å²) in [4.78, 5) is 27.9. The van der Waals surface area contributed by atoms with Crippen molar-refractivity contribution in [3.63, 3.8) is 0 Å². The second kappa shape index (κ2) is 8.03. The molecule has 126 valence electrons. The zero-order valence-electron chi connectivity index (χ0n) is 13.0. The van der Waals surface area contributed by atoms with Gasteiger partial charge in [0.15, 0.2) is 5.16 Å². The molecule has 1 heterocycles. The van der Waals surface area contributed by atoms with E-state index in [-0.39, 0.29) is 11.7 Å². The summed E-state index contributed by atoms with van der Waals surface area (Å²) >= 11 is 7.05. The predicted molar refractivity (Wildman–Crippen MR) is 98.5 cm³/mol. The van der Waals surface area contributed by atoms with E-state index in [0.717, 1.165) is 11.8 Å². The number of thioether (sulfide) groups is 1. The molecule has 6 nitrogen and oxygen atoms in total. The van der Waals surface area contributed by atoms with Crippen LogP contribution in [0.1, 0.15) is 6.92 Å². The van der Waals surface area contributed by atoms with Crippen LogP contribution in [0.15, 0.2) is 52.9 Å². The first-order valence-corrected chi connectivity index (χ1v) is 8.38. The highest BCUT2D eigenvalue weighted by molar-refractivity contribution is 8.00. The standard InChI is InChI=1S/C16H17ClN4O2S/c1-3-7-21-13(18)9-14(22)20-16(21)24-10(2)15(23)19-12-6-4-5-11(17)8-12/h3-6,8-10H,1,7,18H2,2H3,(H,19,23). The number of halogens is 1. The van der Waals surface area contributed by atoms with Crippen molar-refractivity contribution >= 4 is 40.8 Å². The maximum Gasteiger partial charge on any atom is 0.275 e. The maximum atomic E-state index is 12.3. The topological polar surface area (TPSA) is 90.0 Å². The highest BCUT2D eigenvalue weighted by Gasteiger charge is 2.18. The lowest BCUT2D eigenvalue weighted by Crippen LogP contribution is -2.25. The summed E-state index contributed by atoms with van der Waals surface area (Å²) in [6.45, 7) is 5.77. The van der Waals surface area contributed by atoms with Crippen LogP contribution in [0.2, 0.25) is 5.02 Å². The molecule has 24 heavy (non-hydrogen) atoms. The first-order chi connectivity index (χ1) is 11.4. The summed E-state index contributed by atoms with van der Waals surface area (Å²) in [5.74, 6) is 0.0453. The third-order valence-electron chi connectivity index (χ3n) is 3.08. The Balaban J connectivity index is 2.16. The molecule has 2 rings (SSSR count). The minimum Gasteiger partial charge on any atom is -0.385 e. The van der Waals surface area contributed by atoms with Crippen LogP contribution in [0.4, 0.5) is 11.5 Å². The number of aromatic nitrogens is 2. The van der Waals surface area contributed by atoms with Crippen molar-refractivity contribution in [1.82, 2.24) is 9.55 Å². The number of carbonyl (C=O) groups is 1. The van der Waals surface area contributed by atoms with Crippen LogP contribution < -0.4 is 16.6 Å². The molecule has 0 saturated carbocycles. The van der Waals surface area contributed by atoms with Gasteiger partial charge in [-0.25, -0.2) is 0 Å². The number of rotatable bonds is 6. The summed E-state index contributed by atoms with van der Waals surface area (Å²) in [5.41, 5.74) is 6.00. The summed E-state index contributed by atoms with van der Waals surface area (Å²) in [7, 11) is 0. The Morgan fingerprint density at radius 1 is 1.54 bits per heavy atom. The number of nitrogens with zero attached hydrogens (tertiary/aromatic N) is 2. The van der Waals surface area contributed by atoms with Crippen LogP contribution in [-0.4, -0.2) is 20.7 Å². The van der Waals surface area contributed by atoms with Crippen LogP contribution in [0.25, 0.3) is 0 Å². The number of hydrogen-bond acceptors (Lipinski definition) is 5. The number of allylic oxidation sites excluding steroid dienone is 1. The number of nitrogens with one attached hydrogen (secondary N) is 1. The van der Waals surface area contributed by atoms with Gasteiger partial charge >= 0.3 is 0 Å². The van der Waals surface area contributed by atoms with E-state index < -0.39 is 10.8 Å². The van der Waals surface area contributed by atoms with Gasteiger partial charge in [0.2, 0.25) is 5.91 Å². The van der Waals surface area contributed by atoms with Crippen LogP contribution >= 0.6 is 23.4 Å². The molecule has 3 N–H and O–H groups in total. The van der Waals surface area contributed by atoms with E-state index >= 15 is 0 Å². The number of benzene rings is 1. The van der Waals surface area contributed by atoms with Gasteiger partial charge in [0, 0.05) is 23.3 Å². The molecule has 0 aliphatic heterocycles. The van der Waals surface area contributed by atoms with Crippen molar-refractivity contribution in [3.05, 3.63) is 58.4 Å². The minimum absolute atomic E-state index is 0.232. The molecule has 2 aromatic rings. The van der Waals surface area contributed by atoms with Crippen LogP contribution in [0.5, 0.6) is 0 Å². The highest BCUT2D eigenvalue weighted by atomic mass is 35.5. The van der Waals surface area contributed by atoms with Gasteiger partial charge in [-0.15, -0.1) is 6.58 Å². The number of hydrogen-bond donors (Lipinski definition) is 2. The number of nitrogens with two attached hydrogens (primary N) is 1. The quantitative estimate of drug-likeness (QED) is 0.467. The molecule has 8 heteroatoms. The largest absolute Gasteiger partial charge is 0.385 e. The van der Waals surface area contributed by atoms with Gasteiger partial charge in [-0.05, 0) is 25.1 Å². The highest BCUT2D eigenvalue weighted by Crippen LogP contribution is 2.24. The molecule has 1 aromatic heterocycles. The van der Waals surface area contributed by atoms with Crippen molar-refractivity contribution in [2.75, 3.05) is 11.1 Å². The Hall–Kier alpha value is -2.25. The second-order valence-corrected chi connectivity index (χ2v) is 6.71. The molecular weight excluding hydrogens is 348 g/mol. The Morgan fingerprint density at radius 2 is 2.29 bits per heavy atom. The van der Waals surface area contributed by atoms with Crippen molar-refractivity contribution in [1.29, 1.82) is 0 Å². The zero-order chi connectivity index (χ0) is 17.7. The summed E-state index contributed by atoms with van der Waals surface area (Å²) in [6.07, 6.45) is 1.64. The van der Waals surface area contributed by atoms with Crippen molar-refractivity contribution < 1.29 is 4.79 Å². The van der Waals surface area contributed by atoms with Crippen molar-refractivity contribution in [3.8, 4) is 0 Å². The number of anilines is 2.